The first-order valence-corrected chi connectivity index (χ1v) is 7.85. The van der Waals surface area contributed by atoms with E-state index >= 15 is 0 Å². The lowest BCUT2D eigenvalue weighted by Crippen LogP contribution is -2.30. The van der Waals surface area contributed by atoms with E-state index in [1.54, 1.807) is 6.07 Å². The summed E-state index contributed by atoms with van der Waals surface area (Å²) in [7, 11) is 1.95. The first kappa shape index (κ1) is 15.8. The Bertz CT molecular complexity index is 573. The predicted octanol–water partition coefficient (Wildman–Crippen LogP) is 4.52. The summed E-state index contributed by atoms with van der Waals surface area (Å²) in [5.41, 5.74) is 2.14. The second-order valence-corrected chi connectivity index (χ2v) is 6.36. The summed E-state index contributed by atoms with van der Waals surface area (Å²) in [5, 5.41) is 4.68. The van der Waals surface area contributed by atoms with Crippen molar-refractivity contribution in [1.29, 1.82) is 0 Å². The predicted molar refractivity (Wildman–Crippen MR) is 88.7 cm³/mol. The summed E-state index contributed by atoms with van der Waals surface area (Å²) in [6.07, 6.45) is 3.50. The van der Waals surface area contributed by atoms with Crippen LogP contribution in [0.5, 0.6) is 0 Å². The van der Waals surface area contributed by atoms with E-state index in [0.717, 1.165) is 28.6 Å². The highest BCUT2D eigenvalue weighted by molar-refractivity contribution is 9.10. The zero-order chi connectivity index (χ0) is 14.5. The third kappa shape index (κ3) is 4.45. The van der Waals surface area contributed by atoms with Crippen LogP contribution in [0.25, 0.3) is 0 Å². The largest absolute Gasteiger partial charge is 0.316 e. The van der Waals surface area contributed by atoms with Crippen LogP contribution in [0, 0.1) is 0 Å². The quantitative estimate of drug-likeness (QED) is 0.833. The molecule has 0 aliphatic rings. The number of benzene rings is 1. The van der Waals surface area contributed by atoms with E-state index in [1.165, 1.54) is 0 Å². The minimum atomic E-state index is 0.280. The lowest BCUT2D eigenvalue weighted by Gasteiger charge is -2.17. The molecule has 1 heterocycles. The summed E-state index contributed by atoms with van der Waals surface area (Å²) in [5.74, 6) is 0. The van der Waals surface area contributed by atoms with Crippen LogP contribution in [0.3, 0.4) is 0 Å². The Labute approximate surface area is 137 Å². The molecule has 0 fully saturated rings. The van der Waals surface area contributed by atoms with Gasteiger partial charge in [-0.05, 0) is 59.2 Å². The molecule has 2 nitrogen and oxygen atoms in total. The Morgan fingerprint density at radius 3 is 2.60 bits per heavy atom. The molecular formula is C15H15BrCl2N2. The second-order valence-electron chi connectivity index (χ2n) is 4.60. The number of pyridine rings is 1. The molecule has 106 valence electrons. The van der Waals surface area contributed by atoms with E-state index in [4.69, 9.17) is 23.2 Å². The van der Waals surface area contributed by atoms with Gasteiger partial charge in [-0.3, -0.25) is 4.98 Å². The maximum atomic E-state index is 6.22. The summed E-state index contributed by atoms with van der Waals surface area (Å²) in [6.45, 7) is 0. The minimum Gasteiger partial charge on any atom is -0.316 e. The van der Waals surface area contributed by atoms with Crippen molar-refractivity contribution < 1.29 is 0 Å². The van der Waals surface area contributed by atoms with Gasteiger partial charge < -0.3 is 5.32 Å². The smallest absolute Gasteiger partial charge is 0.0453 e. The van der Waals surface area contributed by atoms with E-state index < -0.39 is 0 Å². The molecule has 0 saturated heterocycles. The highest BCUT2D eigenvalue weighted by Gasteiger charge is 2.11. The molecule has 0 aliphatic carbocycles. The fourth-order valence-electron chi connectivity index (χ4n) is 2.01. The third-order valence-corrected chi connectivity index (χ3v) is 4.19. The molecule has 0 spiro atoms. The van der Waals surface area contributed by atoms with E-state index in [-0.39, 0.29) is 6.04 Å². The standard InChI is InChI=1S/C15H15BrCl2N2/c1-19-14(8-13-5-3-11(16)9-20-13)6-10-2-4-12(17)7-15(10)18/h2-5,7,9,14,19H,6,8H2,1H3. The van der Waals surface area contributed by atoms with Crippen molar-refractivity contribution in [3.63, 3.8) is 0 Å². The topological polar surface area (TPSA) is 24.9 Å². The van der Waals surface area contributed by atoms with Crippen molar-refractivity contribution in [2.75, 3.05) is 7.05 Å². The third-order valence-electron chi connectivity index (χ3n) is 3.13. The van der Waals surface area contributed by atoms with Gasteiger partial charge in [-0.15, -0.1) is 0 Å². The van der Waals surface area contributed by atoms with Gasteiger partial charge in [0.1, 0.15) is 0 Å². The summed E-state index contributed by atoms with van der Waals surface area (Å²) >= 11 is 15.5. The van der Waals surface area contributed by atoms with E-state index in [2.05, 4.69) is 26.2 Å². The van der Waals surface area contributed by atoms with Crippen molar-refractivity contribution in [2.24, 2.45) is 0 Å². The molecule has 1 aromatic carbocycles. The van der Waals surface area contributed by atoms with Crippen molar-refractivity contribution >= 4 is 39.1 Å². The zero-order valence-electron chi connectivity index (χ0n) is 11.0. The van der Waals surface area contributed by atoms with Crippen molar-refractivity contribution in [1.82, 2.24) is 10.3 Å². The van der Waals surface area contributed by atoms with Crippen LogP contribution in [-0.4, -0.2) is 18.1 Å². The molecule has 0 radical (unpaired) electrons. The molecule has 20 heavy (non-hydrogen) atoms. The Balaban J connectivity index is 2.07. The molecule has 1 atom stereocenters. The Morgan fingerprint density at radius 1 is 1.20 bits per heavy atom. The van der Waals surface area contributed by atoms with Crippen molar-refractivity contribution in [3.05, 3.63) is 62.3 Å². The molecule has 0 saturated carbocycles. The number of hydrogen-bond acceptors (Lipinski definition) is 2. The molecule has 0 amide bonds. The number of rotatable bonds is 5. The van der Waals surface area contributed by atoms with Crippen LogP contribution in [0.4, 0.5) is 0 Å². The van der Waals surface area contributed by atoms with Crippen molar-refractivity contribution in [3.8, 4) is 0 Å². The molecule has 0 bridgehead atoms. The van der Waals surface area contributed by atoms with Gasteiger partial charge in [0.2, 0.25) is 0 Å². The van der Waals surface area contributed by atoms with E-state index in [1.807, 2.05) is 37.5 Å². The van der Waals surface area contributed by atoms with Crippen LogP contribution < -0.4 is 5.32 Å². The Morgan fingerprint density at radius 2 is 2.00 bits per heavy atom. The van der Waals surface area contributed by atoms with Gasteiger partial charge in [-0.1, -0.05) is 29.3 Å². The summed E-state index contributed by atoms with van der Waals surface area (Å²) in [6, 6.07) is 9.94. The van der Waals surface area contributed by atoms with Crippen LogP contribution in [0.15, 0.2) is 41.0 Å². The molecular weight excluding hydrogens is 359 g/mol. The van der Waals surface area contributed by atoms with Crippen LogP contribution in [-0.2, 0) is 12.8 Å². The normalized spacial score (nSPS) is 12.4. The number of aromatic nitrogens is 1. The number of halogens is 3. The molecule has 1 aromatic heterocycles. The van der Waals surface area contributed by atoms with Gasteiger partial charge in [-0.25, -0.2) is 0 Å². The van der Waals surface area contributed by atoms with Gasteiger partial charge in [0.05, 0.1) is 0 Å². The molecule has 1 N–H and O–H groups in total. The van der Waals surface area contributed by atoms with Gasteiger partial charge in [0.25, 0.3) is 0 Å². The van der Waals surface area contributed by atoms with Crippen LogP contribution >= 0.6 is 39.1 Å². The average molecular weight is 374 g/mol. The fraction of sp³-hybridized carbons (Fsp3) is 0.267. The first-order chi connectivity index (χ1) is 9.58. The zero-order valence-corrected chi connectivity index (χ0v) is 14.1. The SMILES string of the molecule is CNC(Cc1ccc(Br)cn1)Cc1ccc(Cl)cc1Cl. The number of nitrogens with one attached hydrogen (secondary N) is 1. The highest BCUT2D eigenvalue weighted by atomic mass is 79.9. The van der Waals surface area contributed by atoms with E-state index in [0.29, 0.717) is 10.0 Å². The maximum Gasteiger partial charge on any atom is 0.0453 e. The number of nitrogens with zero attached hydrogens (tertiary/aromatic N) is 1. The molecule has 1 unspecified atom stereocenters. The minimum absolute atomic E-state index is 0.280. The average Bonchev–Trinajstić information content (AvgIpc) is 2.43. The van der Waals surface area contributed by atoms with Crippen LogP contribution in [0.1, 0.15) is 11.3 Å². The second kappa shape index (κ2) is 7.41. The van der Waals surface area contributed by atoms with Gasteiger partial charge in [0, 0.05) is 38.9 Å². The Kier molecular flexibility index (Phi) is 5.85. The summed E-state index contributed by atoms with van der Waals surface area (Å²) < 4.78 is 0.989. The maximum absolute atomic E-state index is 6.22. The van der Waals surface area contributed by atoms with E-state index in [9.17, 15) is 0 Å². The van der Waals surface area contributed by atoms with Gasteiger partial charge in [-0.2, -0.15) is 0 Å². The summed E-state index contributed by atoms with van der Waals surface area (Å²) in [4.78, 5) is 4.40. The van der Waals surface area contributed by atoms with Gasteiger partial charge in [0.15, 0.2) is 0 Å². The lowest BCUT2D eigenvalue weighted by molar-refractivity contribution is 0.550. The van der Waals surface area contributed by atoms with Crippen LogP contribution in [0.2, 0.25) is 10.0 Å². The molecule has 2 rings (SSSR count). The number of likely N-dealkylation sites (N-methyl/N-ethyl adjacent to an activating group) is 1. The highest BCUT2D eigenvalue weighted by Crippen LogP contribution is 2.22. The lowest BCUT2D eigenvalue weighted by atomic mass is 10.0. The Hall–Kier alpha value is -0.610. The number of hydrogen-bond donors (Lipinski definition) is 1. The van der Waals surface area contributed by atoms with Gasteiger partial charge >= 0.3 is 0 Å². The first-order valence-electron chi connectivity index (χ1n) is 6.30. The fourth-order valence-corrected chi connectivity index (χ4v) is 2.73. The molecule has 5 heteroatoms. The van der Waals surface area contributed by atoms with Crippen molar-refractivity contribution in [2.45, 2.75) is 18.9 Å². The molecule has 0 aliphatic heterocycles. The molecule has 2 aromatic rings. The monoisotopic (exact) mass is 372 g/mol.